The second kappa shape index (κ2) is 6.61. The molecule has 2 heterocycles. The van der Waals surface area contributed by atoms with Gasteiger partial charge in [0.05, 0.1) is 0 Å². The highest BCUT2D eigenvalue weighted by Gasteiger charge is 2.25. The van der Waals surface area contributed by atoms with E-state index in [9.17, 15) is 4.79 Å². The summed E-state index contributed by atoms with van der Waals surface area (Å²) < 4.78 is 21.0. The van der Waals surface area contributed by atoms with Crippen molar-refractivity contribution in [3.63, 3.8) is 0 Å². The molecule has 0 spiro atoms. The van der Waals surface area contributed by atoms with Gasteiger partial charge < -0.3 is 18.9 Å². The van der Waals surface area contributed by atoms with Crippen LogP contribution in [0.3, 0.4) is 0 Å². The molecular formula is C19H12N2O5. The molecule has 2 aromatic rings. The zero-order chi connectivity index (χ0) is 17.9. The maximum atomic E-state index is 12.1. The van der Waals surface area contributed by atoms with Crippen LogP contribution in [-0.2, 0) is 9.53 Å². The fourth-order valence-electron chi connectivity index (χ4n) is 2.50. The molecule has 2 aliphatic heterocycles. The van der Waals surface area contributed by atoms with Crippen LogP contribution in [0.2, 0.25) is 0 Å². The van der Waals surface area contributed by atoms with Crippen LogP contribution in [0.25, 0.3) is 6.08 Å². The van der Waals surface area contributed by atoms with Crippen LogP contribution in [0.5, 0.6) is 17.2 Å². The van der Waals surface area contributed by atoms with E-state index >= 15 is 0 Å². The van der Waals surface area contributed by atoms with Crippen LogP contribution in [0.4, 0.5) is 0 Å². The van der Waals surface area contributed by atoms with E-state index in [1.807, 2.05) is 6.07 Å². The van der Waals surface area contributed by atoms with Crippen LogP contribution < -0.4 is 14.2 Å². The summed E-state index contributed by atoms with van der Waals surface area (Å²) in [5.41, 5.74) is 1.59. The average Bonchev–Trinajstić information content (AvgIpc) is 3.27. The smallest absolute Gasteiger partial charge is 0.363 e. The van der Waals surface area contributed by atoms with E-state index in [1.165, 1.54) is 0 Å². The van der Waals surface area contributed by atoms with Crippen molar-refractivity contribution < 1.29 is 23.7 Å². The van der Waals surface area contributed by atoms with E-state index in [2.05, 4.69) is 4.99 Å². The molecule has 0 saturated carbocycles. The van der Waals surface area contributed by atoms with Gasteiger partial charge in [0.1, 0.15) is 11.8 Å². The number of ether oxygens (including phenoxy) is 4. The molecular weight excluding hydrogens is 336 g/mol. The van der Waals surface area contributed by atoms with Gasteiger partial charge in [-0.3, -0.25) is 0 Å². The second-order valence-corrected chi connectivity index (χ2v) is 5.42. The number of carbonyl (C=O) groups excluding carboxylic acids is 1. The molecule has 4 rings (SSSR count). The molecule has 0 aliphatic carbocycles. The third kappa shape index (κ3) is 3.08. The van der Waals surface area contributed by atoms with Gasteiger partial charge >= 0.3 is 5.97 Å². The summed E-state index contributed by atoms with van der Waals surface area (Å²) in [5, 5.41) is 8.51. The third-order valence-electron chi connectivity index (χ3n) is 3.73. The number of esters is 1. The molecule has 0 N–H and O–H groups in total. The number of rotatable bonds is 4. The molecule has 0 radical (unpaired) electrons. The average molecular weight is 348 g/mol. The lowest BCUT2D eigenvalue weighted by atomic mass is 10.2. The van der Waals surface area contributed by atoms with Gasteiger partial charge in [0.25, 0.3) is 0 Å². The number of nitrogens with zero attached hydrogens (tertiary/aromatic N) is 2. The minimum atomic E-state index is -0.525. The Labute approximate surface area is 148 Å². The standard InChI is InChI=1S/C19H12N2O5/c20-7-8-23-14-4-1-12(2-5-14)9-15-19(22)26-18(21-15)13-3-6-16-17(10-13)25-11-24-16/h1-6,9-10H,8,11H2/b15-9-. The Kier molecular flexibility index (Phi) is 4.00. The van der Waals surface area contributed by atoms with Crippen molar-refractivity contribution in [2.75, 3.05) is 13.4 Å². The molecule has 0 fully saturated rings. The van der Waals surface area contributed by atoms with Gasteiger partial charge in [-0.15, -0.1) is 0 Å². The van der Waals surface area contributed by atoms with E-state index in [1.54, 1.807) is 48.5 Å². The molecule has 2 aliphatic rings. The van der Waals surface area contributed by atoms with Gasteiger partial charge in [-0.2, -0.15) is 5.26 Å². The molecule has 128 valence electrons. The first-order chi connectivity index (χ1) is 12.7. The minimum absolute atomic E-state index is 0.0179. The first-order valence-corrected chi connectivity index (χ1v) is 7.75. The van der Waals surface area contributed by atoms with E-state index < -0.39 is 5.97 Å². The number of aliphatic imine (C=N–C) groups is 1. The summed E-state index contributed by atoms with van der Waals surface area (Å²) in [6.45, 7) is 0.153. The van der Waals surface area contributed by atoms with E-state index in [4.69, 9.17) is 24.2 Å². The Morgan fingerprint density at radius 3 is 2.77 bits per heavy atom. The topological polar surface area (TPSA) is 90.1 Å². The lowest BCUT2D eigenvalue weighted by Gasteiger charge is -2.01. The van der Waals surface area contributed by atoms with Gasteiger partial charge in [-0.1, -0.05) is 12.1 Å². The van der Waals surface area contributed by atoms with Gasteiger partial charge in [0, 0.05) is 5.56 Å². The largest absolute Gasteiger partial charge is 0.479 e. The van der Waals surface area contributed by atoms with Crippen molar-refractivity contribution in [3.8, 4) is 23.3 Å². The summed E-state index contributed by atoms with van der Waals surface area (Å²) in [6, 6.07) is 14.1. The number of fused-ring (bicyclic) bond motifs is 1. The zero-order valence-corrected chi connectivity index (χ0v) is 13.5. The van der Waals surface area contributed by atoms with Crippen LogP contribution in [0.1, 0.15) is 11.1 Å². The Hall–Kier alpha value is -3.79. The Morgan fingerprint density at radius 1 is 1.15 bits per heavy atom. The zero-order valence-electron chi connectivity index (χ0n) is 13.5. The van der Waals surface area contributed by atoms with E-state index in [0.717, 1.165) is 5.56 Å². The van der Waals surface area contributed by atoms with Crippen molar-refractivity contribution in [2.45, 2.75) is 0 Å². The fraction of sp³-hybridized carbons (Fsp3) is 0.105. The van der Waals surface area contributed by atoms with Crippen LogP contribution >= 0.6 is 0 Å². The second-order valence-electron chi connectivity index (χ2n) is 5.42. The number of cyclic esters (lactones) is 1. The lowest BCUT2D eigenvalue weighted by molar-refractivity contribution is -0.129. The van der Waals surface area contributed by atoms with Crippen molar-refractivity contribution >= 4 is 17.9 Å². The number of benzene rings is 2. The fourth-order valence-corrected chi connectivity index (χ4v) is 2.50. The van der Waals surface area contributed by atoms with Crippen molar-refractivity contribution in [1.29, 1.82) is 5.26 Å². The van der Waals surface area contributed by atoms with Gasteiger partial charge in [0.2, 0.25) is 12.7 Å². The SMILES string of the molecule is N#CCOc1ccc(/C=C2\N=C(c3ccc4c(c3)OCO4)OC2=O)cc1. The van der Waals surface area contributed by atoms with E-state index in [0.29, 0.717) is 22.8 Å². The molecule has 7 heteroatoms. The maximum Gasteiger partial charge on any atom is 0.363 e. The first kappa shape index (κ1) is 15.7. The molecule has 26 heavy (non-hydrogen) atoms. The van der Waals surface area contributed by atoms with Gasteiger partial charge in [-0.25, -0.2) is 9.79 Å². The number of nitriles is 1. The molecule has 2 aromatic carbocycles. The predicted octanol–water partition coefficient (Wildman–Crippen LogP) is 2.66. The summed E-state index contributed by atoms with van der Waals surface area (Å²) in [6.07, 6.45) is 1.62. The first-order valence-electron chi connectivity index (χ1n) is 7.75. The maximum absolute atomic E-state index is 12.1. The normalized spacial score (nSPS) is 16.2. The van der Waals surface area contributed by atoms with Crippen molar-refractivity contribution in [1.82, 2.24) is 0 Å². The van der Waals surface area contributed by atoms with Gasteiger partial charge in [-0.05, 0) is 42.0 Å². The number of hydrogen-bond donors (Lipinski definition) is 0. The number of carbonyl (C=O) groups is 1. The molecule has 0 aromatic heterocycles. The lowest BCUT2D eigenvalue weighted by Crippen LogP contribution is -2.05. The Balaban J connectivity index is 1.56. The molecule has 0 saturated heterocycles. The third-order valence-corrected chi connectivity index (χ3v) is 3.73. The molecule has 0 amide bonds. The molecule has 0 atom stereocenters. The summed E-state index contributed by atoms with van der Waals surface area (Å²) in [7, 11) is 0. The molecule has 0 unspecified atom stereocenters. The summed E-state index contributed by atoms with van der Waals surface area (Å²) in [4.78, 5) is 16.4. The monoisotopic (exact) mass is 348 g/mol. The highest BCUT2D eigenvalue weighted by Crippen LogP contribution is 2.33. The van der Waals surface area contributed by atoms with Gasteiger partial charge in [0.15, 0.2) is 23.8 Å². The highest BCUT2D eigenvalue weighted by atomic mass is 16.7. The Bertz CT molecular complexity index is 970. The predicted molar refractivity (Wildman–Crippen MR) is 90.7 cm³/mol. The summed E-state index contributed by atoms with van der Waals surface area (Å²) >= 11 is 0. The number of hydrogen-bond acceptors (Lipinski definition) is 7. The molecule has 0 bridgehead atoms. The summed E-state index contributed by atoms with van der Waals surface area (Å²) in [5.74, 6) is 1.50. The minimum Gasteiger partial charge on any atom is -0.479 e. The van der Waals surface area contributed by atoms with Crippen LogP contribution in [0, 0.1) is 11.3 Å². The van der Waals surface area contributed by atoms with Crippen LogP contribution in [0.15, 0.2) is 53.2 Å². The van der Waals surface area contributed by atoms with E-state index in [-0.39, 0.29) is 25.0 Å². The van der Waals surface area contributed by atoms with Crippen LogP contribution in [-0.4, -0.2) is 25.3 Å². The molecule has 7 nitrogen and oxygen atoms in total. The van der Waals surface area contributed by atoms with Crippen molar-refractivity contribution in [3.05, 3.63) is 59.3 Å². The van der Waals surface area contributed by atoms with Crippen molar-refractivity contribution in [2.24, 2.45) is 4.99 Å². The quantitative estimate of drug-likeness (QED) is 0.623. The highest BCUT2D eigenvalue weighted by molar-refractivity contribution is 6.13. The Morgan fingerprint density at radius 2 is 1.96 bits per heavy atom.